The number of aromatic nitrogens is 1. The molecule has 0 spiro atoms. The van der Waals surface area contributed by atoms with E-state index in [0.717, 1.165) is 12.2 Å². The van der Waals surface area contributed by atoms with E-state index in [1.165, 1.54) is 0 Å². The molecule has 12 heavy (non-hydrogen) atoms. The molecule has 0 amide bonds. The van der Waals surface area contributed by atoms with Gasteiger partial charge in [0.25, 0.3) is 0 Å². The van der Waals surface area contributed by atoms with E-state index in [1.54, 1.807) is 12.4 Å². The number of hydrogen-bond donors (Lipinski definition) is 1. The molecule has 1 aromatic heterocycles. The van der Waals surface area contributed by atoms with E-state index in [0.29, 0.717) is 5.02 Å². The first-order valence-electron chi connectivity index (χ1n) is 3.79. The fourth-order valence-electron chi connectivity index (χ4n) is 0.805. The van der Waals surface area contributed by atoms with Gasteiger partial charge in [-0.2, -0.15) is 0 Å². The van der Waals surface area contributed by atoms with E-state index in [1.807, 2.05) is 25.1 Å². The lowest BCUT2D eigenvalue weighted by Crippen LogP contribution is -1.98. The lowest BCUT2D eigenvalue weighted by atomic mass is 10.4. The van der Waals surface area contributed by atoms with Crippen molar-refractivity contribution in [3.63, 3.8) is 0 Å². The lowest BCUT2D eigenvalue weighted by molar-refractivity contribution is 1.28. The SMILES string of the molecule is C/C=C/CNc1ccncc1Cl. The number of nitrogens with one attached hydrogen (secondary N) is 1. The van der Waals surface area contributed by atoms with Crippen LogP contribution in [-0.2, 0) is 0 Å². The predicted molar refractivity (Wildman–Crippen MR) is 52.6 cm³/mol. The van der Waals surface area contributed by atoms with Crippen molar-refractivity contribution >= 4 is 17.3 Å². The van der Waals surface area contributed by atoms with E-state index in [2.05, 4.69) is 10.3 Å². The third-order valence-corrected chi connectivity index (χ3v) is 1.72. The first kappa shape index (κ1) is 9.07. The van der Waals surface area contributed by atoms with Gasteiger partial charge in [-0.1, -0.05) is 23.8 Å². The summed E-state index contributed by atoms with van der Waals surface area (Å²) in [5, 5.41) is 3.81. The number of rotatable bonds is 3. The van der Waals surface area contributed by atoms with Crippen molar-refractivity contribution in [2.75, 3.05) is 11.9 Å². The monoisotopic (exact) mass is 182 g/mol. The fraction of sp³-hybridized carbons (Fsp3) is 0.222. The maximum Gasteiger partial charge on any atom is 0.0820 e. The minimum atomic E-state index is 0.655. The maximum atomic E-state index is 5.85. The van der Waals surface area contributed by atoms with Gasteiger partial charge in [0, 0.05) is 18.9 Å². The summed E-state index contributed by atoms with van der Waals surface area (Å²) >= 11 is 5.85. The molecule has 64 valence electrons. The molecule has 0 saturated heterocycles. The van der Waals surface area contributed by atoms with Crippen molar-refractivity contribution < 1.29 is 0 Å². The van der Waals surface area contributed by atoms with Crippen LogP contribution in [0.2, 0.25) is 5.02 Å². The number of pyridine rings is 1. The van der Waals surface area contributed by atoms with Crippen molar-refractivity contribution in [3.05, 3.63) is 35.6 Å². The number of anilines is 1. The van der Waals surface area contributed by atoms with Crippen molar-refractivity contribution in [1.82, 2.24) is 4.98 Å². The zero-order valence-corrected chi connectivity index (χ0v) is 7.67. The van der Waals surface area contributed by atoms with Crippen molar-refractivity contribution in [2.24, 2.45) is 0 Å². The molecule has 1 N–H and O–H groups in total. The molecule has 0 aliphatic rings. The van der Waals surface area contributed by atoms with Crippen molar-refractivity contribution in [1.29, 1.82) is 0 Å². The molecule has 2 nitrogen and oxygen atoms in total. The Kier molecular flexibility index (Phi) is 3.61. The summed E-state index contributed by atoms with van der Waals surface area (Å²) in [7, 11) is 0. The van der Waals surface area contributed by atoms with E-state index >= 15 is 0 Å². The van der Waals surface area contributed by atoms with Gasteiger partial charge in [0.2, 0.25) is 0 Å². The zero-order valence-electron chi connectivity index (χ0n) is 6.92. The molecule has 1 rings (SSSR count). The third-order valence-electron chi connectivity index (χ3n) is 1.42. The molecular weight excluding hydrogens is 172 g/mol. The molecular formula is C9H11ClN2. The van der Waals surface area contributed by atoms with Crippen LogP contribution < -0.4 is 5.32 Å². The summed E-state index contributed by atoms with van der Waals surface area (Å²) in [5.41, 5.74) is 0.921. The normalized spacial score (nSPS) is 10.5. The number of halogens is 1. The first-order chi connectivity index (χ1) is 5.84. The average molecular weight is 183 g/mol. The fourth-order valence-corrected chi connectivity index (χ4v) is 0.991. The summed E-state index contributed by atoms with van der Waals surface area (Å²) in [6.07, 6.45) is 7.35. The number of nitrogens with zero attached hydrogens (tertiary/aromatic N) is 1. The van der Waals surface area contributed by atoms with Crippen LogP contribution in [-0.4, -0.2) is 11.5 Å². The van der Waals surface area contributed by atoms with Gasteiger partial charge in [0.15, 0.2) is 0 Å². The minimum Gasteiger partial charge on any atom is -0.380 e. The highest BCUT2D eigenvalue weighted by atomic mass is 35.5. The van der Waals surface area contributed by atoms with Crippen LogP contribution in [0, 0.1) is 0 Å². The van der Waals surface area contributed by atoms with E-state index < -0.39 is 0 Å². The second-order valence-corrected chi connectivity index (χ2v) is 2.71. The summed E-state index contributed by atoms with van der Waals surface area (Å²) in [6, 6.07) is 1.85. The molecule has 0 saturated carbocycles. The zero-order chi connectivity index (χ0) is 8.81. The summed E-state index contributed by atoms with van der Waals surface area (Å²) < 4.78 is 0. The molecule has 0 radical (unpaired) electrons. The Morgan fingerprint density at radius 2 is 2.50 bits per heavy atom. The van der Waals surface area contributed by atoms with Gasteiger partial charge in [0.1, 0.15) is 0 Å². The van der Waals surface area contributed by atoms with Crippen LogP contribution in [0.15, 0.2) is 30.6 Å². The largest absolute Gasteiger partial charge is 0.380 e. The number of allylic oxidation sites excluding steroid dienone is 1. The molecule has 1 aromatic rings. The van der Waals surface area contributed by atoms with Gasteiger partial charge in [-0.25, -0.2) is 0 Å². The Morgan fingerprint density at radius 3 is 3.17 bits per heavy atom. The minimum absolute atomic E-state index is 0.655. The smallest absolute Gasteiger partial charge is 0.0820 e. The Bertz CT molecular complexity index is 271. The Hall–Kier alpha value is -1.02. The second kappa shape index (κ2) is 4.78. The highest BCUT2D eigenvalue weighted by Gasteiger charge is 1.94. The molecule has 0 fully saturated rings. The second-order valence-electron chi connectivity index (χ2n) is 2.31. The van der Waals surface area contributed by atoms with Gasteiger partial charge in [0.05, 0.1) is 10.7 Å². The molecule has 0 bridgehead atoms. The topological polar surface area (TPSA) is 24.9 Å². The summed E-state index contributed by atoms with van der Waals surface area (Å²) in [6.45, 7) is 2.77. The third kappa shape index (κ3) is 2.55. The molecule has 0 aromatic carbocycles. The Balaban J connectivity index is 2.57. The molecule has 0 aliphatic heterocycles. The maximum absolute atomic E-state index is 5.85. The summed E-state index contributed by atoms with van der Waals surface area (Å²) in [4.78, 5) is 3.88. The van der Waals surface area contributed by atoms with Crippen LogP contribution in [0.4, 0.5) is 5.69 Å². The quantitative estimate of drug-likeness (QED) is 0.728. The van der Waals surface area contributed by atoms with Crippen LogP contribution in [0.5, 0.6) is 0 Å². The van der Waals surface area contributed by atoms with Gasteiger partial charge in [-0.15, -0.1) is 0 Å². The molecule has 1 heterocycles. The van der Waals surface area contributed by atoms with Crippen LogP contribution in [0.1, 0.15) is 6.92 Å². The molecule has 0 aliphatic carbocycles. The van der Waals surface area contributed by atoms with Gasteiger partial charge in [-0.3, -0.25) is 4.98 Å². The molecule has 3 heteroatoms. The molecule has 0 atom stereocenters. The van der Waals surface area contributed by atoms with Crippen LogP contribution >= 0.6 is 11.6 Å². The Morgan fingerprint density at radius 1 is 1.67 bits per heavy atom. The standard InChI is InChI=1S/C9H11ClN2/c1-2-3-5-12-9-4-6-11-7-8(9)10/h2-4,6-7H,5H2,1H3,(H,11,12)/b3-2+. The Labute approximate surface area is 77.3 Å². The predicted octanol–water partition coefficient (Wildman–Crippen LogP) is 2.72. The average Bonchev–Trinajstić information content (AvgIpc) is 2.09. The van der Waals surface area contributed by atoms with E-state index in [9.17, 15) is 0 Å². The van der Waals surface area contributed by atoms with Gasteiger partial charge < -0.3 is 5.32 Å². The van der Waals surface area contributed by atoms with Gasteiger partial charge in [-0.05, 0) is 13.0 Å². The number of hydrogen-bond acceptors (Lipinski definition) is 2. The van der Waals surface area contributed by atoms with Gasteiger partial charge >= 0.3 is 0 Å². The summed E-state index contributed by atoms with van der Waals surface area (Å²) in [5.74, 6) is 0. The highest BCUT2D eigenvalue weighted by Crippen LogP contribution is 2.18. The van der Waals surface area contributed by atoms with Crippen LogP contribution in [0.3, 0.4) is 0 Å². The van der Waals surface area contributed by atoms with E-state index in [-0.39, 0.29) is 0 Å². The highest BCUT2D eigenvalue weighted by molar-refractivity contribution is 6.33. The van der Waals surface area contributed by atoms with E-state index in [4.69, 9.17) is 11.6 Å². The lowest BCUT2D eigenvalue weighted by Gasteiger charge is -2.03. The van der Waals surface area contributed by atoms with Crippen molar-refractivity contribution in [3.8, 4) is 0 Å². The van der Waals surface area contributed by atoms with Crippen molar-refractivity contribution in [2.45, 2.75) is 6.92 Å². The molecule has 0 unspecified atom stereocenters. The first-order valence-corrected chi connectivity index (χ1v) is 4.17. The van der Waals surface area contributed by atoms with Crippen LogP contribution in [0.25, 0.3) is 0 Å².